The second-order valence-corrected chi connectivity index (χ2v) is 5.58. The minimum Gasteiger partial charge on any atom is -0.474 e. The molecule has 0 saturated heterocycles. The summed E-state index contributed by atoms with van der Waals surface area (Å²) in [5, 5.41) is 9.38. The van der Waals surface area contributed by atoms with Gasteiger partial charge in [-0.3, -0.25) is 15.7 Å². The first-order valence-electron chi connectivity index (χ1n) is 7.67. The van der Waals surface area contributed by atoms with Gasteiger partial charge >= 0.3 is 0 Å². The lowest BCUT2D eigenvalue weighted by Crippen LogP contribution is -2.28. The van der Waals surface area contributed by atoms with Gasteiger partial charge in [0.2, 0.25) is 5.88 Å². The molecule has 1 aliphatic carbocycles. The SMILES string of the molecule is ONC(=NCc1cc(F)cc(F)c1)c1cccnc1OC1CCC1. The molecule has 2 aromatic rings. The van der Waals surface area contributed by atoms with Crippen LogP contribution in [0.25, 0.3) is 0 Å². The summed E-state index contributed by atoms with van der Waals surface area (Å²) < 4.78 is 32.2. The number of aromatic nitrogens is 1. The number of rotatable bonds is 5. The van der Waals surface area contributed by atoms with Gasteiger partial charge in [0.25, 0.3) is 0 Å². The van der Waals surface area contributed by atoms with E-state index >= 15 is 0 Å². The summed E-state index contributed by atoms with van der Waals surface area (Å²) in [5.41, 5.74) is 2.85. The molecule has 1 aromatic heterocycles. The number of hydroxylamine groups is 1. The number of hydrogen-bond acceptors (Lipinski definition) is 4. The third kappa shape index (κ3) is 3.86. The van der Waals surface area contributed by atoms with Crippen molar-refractivity contribution in [3.63, 3.8) is 0 Å². The van der Waals surface area contributed by atoms with Crippen molar-refractivity contribution in [3.05, 3.63) is 59.3 Å². The highest BCUT2D eigenvalue weighted by Crippen LogP contribution is 2.26. The fraction of sp³-hybridized carbons (Fsp3) is 0.294. The van der Waals surface area contributed by atoms with E-state index in [-0.39, 0.29) is 18.5 Å². The largest absolute Gasteiger partial charge is 0.474 e. The van der Waals surface area contributed by atoms with Gasteiger partial charge in [-0.05, 0) is 49.1 Å². The minimum atomic E-state index is -0.672. The van der Waals surface area contributed by atoms with Crippen molar-refractivity contribution in [1.29, 1.82) is 0 Å². The van der Waals surface area contributed by atoms with Crippen LogP contribution in [-0.2, 0) is 6.54 Å². The molecule has 2 N–H and O–H groups in total. The van der Waals surface area contributed by atoms with Crippen molar-refractivity contribution >= 4 is 5.84 Å². The molecule has 0 atom stereocenters. The van der Waals surface area contributed by atoms with Crippen LogP contribution in [0.2, 0.25) is 0 Å². The maximum atomic E-state index is 13.2. The lowest BCUT2D eigenvalue weighted by atomic mass is 9.96. The summed E-state index contributed by atoms with van der Waals surface area (Å²) >= 11 is 0. The van der Waals surface area contributed by atoms with Crippen LogP contribution < -0.4 is 10.2 Å². The van der Waals surface area contributed by atoms with E-state index in [1.165, 1.54) is 12.1 Å². The molecule has 0 radical (unpaired) electrons. The first kappa shape index (κ1) is 16.3. The van der Waals surface area contributed by atoms with Crippen molar-refractivity contribution in [3.8, 4) is 5.88 Å². The Morgan fingerprint density at radius 1 is 1.29 bits per heavy atom. The van der Waals surface area contributed by atoms with E-state index in [2.05, 4.69) is 9.98 Å². The molecular formula is C17H17F2N3O2. The second-order valence-electron chi connectivity index (χ2n) is 5.58. The highest BCUT2D eigenvalue weighted by molar-refractivity contribution is 5.99. The van der Waals surface area contributed by atoms with Crippen LogP contribution in [0.5, 0.6) is 5.88 Å². The van der Waals surface area contributed by atoms with Crippen LogP contribution in [-0.4, -0.2) is 22.1 Å². The van der Waals surface area contributed by atoms with Crippen molar-refractivity contribution in [1.82, 2.24) is 10.5 Å². The second kappa shape index (κ2) is 7.35. The van der Waals surface area contributed by atoms with Gasteiger partial charge in [0.05, 0.1) is 12.1 Å². The van der Waals surface area contributed by atoms with Crippen LogP contribution in [0, 0.1) is 11.6 Å². The Hall–Kier alpha value is -2.54. The molecule has 0 bridgehead atoms. The van der Waals surface area contributed by atoms with Gasteiger partial charge < -0.3 is 4.74 Å². The Kier molecular flexibility index (Phi) is 5.00. The van der Waals surface area contributed by atoms with Crippen LogP contribution in [0.15, 0.2) is 41.5 Å². The van der Waals surface area contributed by atoms with Gasteiger partial charge in [-0.15, -0.1) is 0 Å². The molecule has 24 heavy (non-hydrogen) atoms. The summed E-state index contributed by atoms with van der Waals surface area (Å²) in [6.07, 6.45) is 4.77. The third-order valence-corrected chi connectivity index (χ3v) is 3.80. The van der Waals surface area contributed by atoms with Crippen molar-refractivity contribution in [2.45, 2.75) is 31.9 Å². The minimum absolute atomic E-state index is 0.00463. The van der Waals surface area contributed by atoms with Crippen LogP contribution in [0.4, 0.5) is 8.78 Å². The predicted molar refractivity (Wildman–Crippen MR) is 84.0 cm³/mol. The molecule has 5 nitrogen and oxygen atoms in total. The van der Waals surface area contributed by atoms with E-state index < -0.39 is 11.6 Å². The summed E-state index contributed by atoms with van der Waals surface area (Å²) in [4.78, 5) is 8.36. The molecule has 7 heteroatoms. The Balaban J connectivity index is 1.82. The van der Waals surface area contributed by atoms with Crippen LogP contribution in [0.3, 0.4) is 0 Å². The standard InChI is InChI=1S/C17H17F2N3O2/c18-12-7-11(8-13(19)9-12)10-21-16(22-23)15-5-2-6-20-17(15)24-14-3-1-4-14/h2,5-9,14,23H,1,3-4,10H2,(H,21,22). The molecule has 1 saturated carbocycles. The summed E-state index contributed by atoms with van der Waals surface area (Å²) in [7, 11) is 0. The molecule has 1 fully saturated rings. The first-order chi connectivity index (χ1) is 11.7. The number of hydrogen-bond donors (Lipinski definition) is 2. The number of halogens is 2. The molecule has 3 rings (SSSR count). The molecule has 126 valence electrons. The molecule has 1 heterocycles. The summed E-state index contributed by atoms with van der Waals surface area (Å²) in [6, 6.07) is 6.57. The quantitative estimate of drug-likeness (QED) is 0.501. The van der Waals surface area contributed by atoms with Gasteiger partial charge in [0, 0.05) is 12.3 Å². The molecule has 0 spiro atoms. The molecule has 1 aliphatic rings. The Labute approximate surface area is 138 Å². The Morgan fingerprint density at radius 2 is 2.04 bits per heavy atom. The van der Waals surface area contributed by atoms with Crippen molar-refractivity contribution < 1.29 is 18.7 Å². The fourth-order valence-corrected chi connectivity index (χ4v) is 2.36. The molecule has 0 amide bonds. The van der Waals surface area contributed by atoms with E-state index in [0.29, 0.717) is 17.0 Å². The van der Waals surface area contributed by atoms with Crippen molar-refractivity contribution in [2.75, 3.05) is 0 Å². The first-order valence-corrected chi connectivity index (χ1v) is 7.67. The van der Waals surface area contributed by atoms with Gasteiger partial charge in [-0.1, -0.05) is 0 Å². The van der Waals surface area contributed by atoms with Crippen molar-refractivity contribution in [2.24, 2.45) is 4.99 Å². The summed E-state index contributed by atoms with van der Waals surface area (Å²) in [6.45, 7) is -0.00463. The van der Waals surface area contributed by atoms with Gasteiger partial charge in [-0.2, -0.15) is 0 Å². The zero-order valence-corrected chi connectivity index (χ0v) is 12.9. The van der Waals surface area contributed by atoms with E-state index in [4.69, 9.17) is 4.74 Å². The maximum Gasteiger partial charge on any atom is 0.224 e. The van der Waals surface area contributed by atoms with E-state index in [1.807, 2.05) is 5.48 Å². The van der Waals surface area contributed by atoms with Gasteiger partial charge in [-0.25, -0.2) is 13.8 Å². The highest BCUT2D eigenvalue weighted by Gasteiger charge is 2.22. The lowest BCUT2D eigenvalue weighted by molar-refractivity contribution is 0.114. The number of nitrogens with zero attached hydrogens (tertiary/aromatic N) is 2. The van der Waals surface area contributed by atoms with E-state index in [9.17, 15) is 14.0 Å². The third-order valence-electron chi connectivity index (χ3n) is 3.80. The van der Waals surface area contributed by atoms with Gasteiger partial charge in [0.15, 0.2) is 5.84 Å². The fourth-order valence-electron chi connectivity index (χ4n) is 2.36. The average molecular weight is 333 g/mol. The van der Waals surface area contributed by atoms with E-state index in [0.717, 1.165) is 25.3 Å². The Morgan fingerprint density at radius 3 is 2.67 bits per heavy atom. The number of aliphatic imine (C=N–C) groups is 1. The topological polar surface area (TPSA) is 66.7 Å². The molecule has 0 aliphatic heterocycles. The number of benzene rings is 1. The molecule has 0 unspecified atom stereocenters. The number of amidine groups is 1. The number of nitrogens with one attached hydrogen (secondary N) is 1. The van der Waals surface area contributed by atoms with Crippen LogP contribution in [0.1, 0.15) is 30.4 Å². The predicted octanol–water partition coefficient (Wildman–Crippen LogP) is 3.22. The van der Waals surface area contributed by atoms with E-state index in [1.54, 1.807) is 18.3 Å². The maximum absolute atomic E-state index is 13.2. The smallest absolute Gasteiger partial charge is 0.224 e. The van der Waals surface area contributed by atoms with Gasteiger partial charge in [0.1, 0.15) is 17.7 Å². The monoisotopic (exact) mass is 333 g/mol. The zero-order chi connectivity index (χ0) is 16.9. The number of ether oxygens (including phenoxy) is 1. The number of pyridine rings is 1. The molecular weight excluding hydrogens is 316 g/mol. The lowest BCUT2D eigenvalue weighted by Gasteiger charge is -2.26. The molecule has 1 aromatic carbocycles. The normalized spacial score (nSPS) is 15.0. The Bertz CT molecular complexity index is 728. The zero-order valence-electron chi connectivity index (χ0n) is 12.9. The summed E-state index contributed by atoms with van der Waals surface area (Å²) in [5.74, 6) is -0.849. The van der Waals surface area contributed by atoms with Crippen LogP contribution >= 0.6 is 0 Å². The average Bonchev–Trinajstić information content (AvgIpc) is 2.51. The highest BCUT2D eigenvalue weighted by atomic mass is 19.1.